The van der Waals surface area contributed by atoms with E-state index in [0.717, 1.165) is 22.2 Å². The number of rotatable bonds is 3. The maximum atomic E-state index is 12.8. The zero-order valence-corrected chi connectivity index (χ0v) is 15.9. The Bertz CT molecular complexity index is 865. The van der Waals surface area contributed by atoms with E-state index in [0.29, 0.717) is 19.6 Å². The van der Waals surface area contributed by atoms with Crippen molar-refractivity contribution >= 4 is 22.8 Å². The zero-order chi connectivity index (χ0) is 19.6. The van der Waals surface area contributed by atoms with Crippen LogP contribution in [0, 0.1) is 6.92 Å². The van der Waals surface area contributed by atoms with Crippen LogP contribution in [0.25, 0.3) is 10.8 Å². The molecule has 3 rings (SSSR count). The van der Waals surface area contributed by atoms with Crippen molar-refractivity contribution in [3.05, 3.63) is 41.7 Å². The Morgan fingerprint density at radius 3 is 2.81 bits per heavy atom. The number of aromatic nitrogens is 1. The molecule has 1 saturated heterocycles. The van der Waals surface area contributed by atoms with E-state index in [-0.39, 0.29) is 12.5 Å². The molecular formula is C20H25N3O4. The second-order valence-corrected chi connectivity index (χ2v) is 7.39. The van der Waals surface area contributed by atoms with Gasteiger partial charge in [0.15, 0.2) is 6.10 Å². The van der Waals surface area contributed by atoms with Crippen molar-refractivity contribution in [1.82, 2.24) is 15.2 Å². The van der Waals surface area contributed by atoms with Gasteiger partial charge in [-0.2, -0.15) is 0 Å². The number of hydrogen-bond acceptors (Lipinski definition) is 4. The van der Waals surface area contributed by atoms with Crippen LogP contribution < -0.4 is 5.32 Å². The van der Waals surface area contributed by atoms with Gasteiger partial charge < -0.3 is 20.1 Å². The highest BCUT2D eigenvalue weighted by atomic mass is 16.5. The molecule has 0 saturated carbocycles. The van der Waals surface area contributed by atoms with Gasteiger partial charge in [0.05, 0.1) is 17.8 Å². The van der Waals surface area contributed by atoms with Crippen molar-refractivity contribution in [2.45, 2.75) is 38.8 Å². The van der Waals surface area contributed by atoms with E-state index in [4.69, 9.17) is 4.74 Å². The summed E-state index contributed by atoms with van der Waals surface area (Å²) in [5.74, 6) is -0.333. The molecule has 1 fully saturated rings. The summed E-state index contributed by atoms with van der Waals surface area (Å²) in [5, 5.41) is 14.3. The van der Waals surface area contributed by atoms with Crippen LogP contribution in [0.1, 0.15) is 31.7 Å². The molecule has 27 heavy (non-hydrogen) atoms. The molecule has 2 heterocycles. The maximum Gasteiger partial charge on any atom is 0.407 e. The lowest BCUT2D eigenvalue weighted by atomic mass is 9.94. The van der Waals surface area contributed by atoms with Crippen LogP contribution in [0.4, 0.5) is 4.79 Å². The topological polar surface area (TPSA) is 91.8 Å². The third kappa shape index (κ3) is 4.19. The normalized spacial score (nSPS) is 18.2. The van der Waals surface area contributed by atoms with Gasteiger partial charge in [0.2, 0.25) is 0 Å². The first kappa shape index (κ1) is 19.1. The molecule has 1 aliphatic rings. The van der Waals surface area contributed by atoms with Crippen LogP contribution in [0.2, 0.25) is 0 Å². The van der Waals surface area contributed by atoms with Crippen molar-refractivity contribution in [2.75, 3.05) is 19.7 Å². The standard InChI is InChI=1S/C20H25N3O4/c1-13-11-14-7-4-5-8-15(14)17(21-13)20(2,3)22-18(24)16-12-23(19(25)26)9-6-10-27-16/h4-5,7-8,11,16H,6,9-10,12H2,1-3H3,(H,22,24)(H,25,26). The SMILES string of the molecule is Cc1cc2ccccc2c(C(C)(C)NC(=O)C2CN(C(=O)O)CCCO2)n1. The lowest BCUT2D eigenvalue weighted by Crippen LogP contribution is -2.50. The fraction of sp³-hybridized carbons (Fsp3) is 0.450. The number of carboxylic acid groups (broad SMARTS) is 1. The highest BCUT2D eigenvalue weighted by Gasteiger charge is 2.33. The van der Waals surface area contributed by atoms with Crippen LogP contribution in [0.15, 0.2) is 30.3 Å². The van der Waals surface area contributed by atoms with Gasteiger partial charge in [-0.3, -0.25) is 9.78 Å². The first-order valence-electron chi connectivity index (χ1n) is 9.06. The van der Waals surface area contributed by atoms with Gasteiger partial charge in [-0.1, -0.05) is 24.3 Å². The molecule has 1 aromatic heterocycles. The van der Waals surface area contributed by atoms with E-state index < -0.39 is 17.7 Å². The second-order valence-electron chi connectivity index (χ2n) is 7.39. The average Bonchev–Trinajstić information content (AvgIpc) is 2.87. The van der Waals surface area contributed by atoms with Gasteiger partial charge in [-0.15, -0.1) is 0 Å². The summed E-state index contributed by atoms with van der Waals surface area (Å²) in [4.78, 5) is 30.0. The lowest BCUT2D eigenvalue weighted by molar-refractivity contribution is -0.134. The van der Waals surface area contributed by atoms with Crippen molar-refractivity contribution in [2.24, 2.45) is 0 Å². The van der Waals surface area contributed by atoms with Crippen molar-refractivity contribution < 1.29 is 19.4 Å². The average molecular weight is 371 g/mol. The molecule has 1 aromatic carbocycles. The molecule has 0 radical (unpaired) electrons. The summed E-state index contributed by atoms with van der Waals surface area (Å²) >= 11 is 0. The molecule has 7 heteroatoms. The van der Waals surface area contributed by atoms with Crippen LogP contribution in [-0.2, 0) is 15.1 Å². The number of pyridine rings is 1. The van der Waals surface area contributed by atoms with E-state index in [1.807, 2.05) is 51.1 Å². The highest BCUT2D eigenvalue weighted by molar-refractivity contribution is 5.87. The second kappa shape index (κ2) is 7.52. The molecule has 144 valence electrons. The molecule has 1 aliphatic heterocycles. The lowest BCUT2D eigenvalue weighted by Gasteiger charge is -2.30. The molecule has 2 N–H and O–H groups in total. The van der Waals surface area contributed by atoms with E-state index in [1.165, 1.54) is 4.90 Å². The quantitative estimate of drug-likeness (QED) is 0.865. The predicted octanol–water partition coefficient (Wildman–Crippen LogP) is 2.66. The number of aryl methyl sites for hydroxylation is 1. The smallest absolute Gasteiger partial charge is 0.407 e. The predicted molar refractivity (Wildman–Crippen MR) is 102 cm³/mol. The number of ether oxygens (including phenoxy) is 1. The molecule has 0 bridgehead atoms. The minimum atomic E-state index is -1.04. The number of amides is 2. The highest BCUT2D eigenvalue weighted by Crippen LogP contribution is 2.27. The number of nitrogens with zero attached hydrogens (tertiary/aromatic N) is 2. The summed E-state index contributed by atoms with van der Waals surface area (Å²) in [5.41, 5.74) is 0.899. The Labute approximate surface area is 158 Å². The number of carbonyl (C=O) groups is 2. The van der Waals surface area contributed by atoms with E-state index in [2.05, 4.69) is 10.3 Å². The van der Waals surface area contributed by atoms with Gasteiger partial charge in [-0.25, -0.2) is 4.79 Å². The number of fused-ring (bicyclic) bond motifs is 1. The van der Waals surface area contributed by atoms with Crippen LogP contribution >= 0.6 is 0 Å². The third-order valence-electron chi connectivity index (χ3n) is 4.74. The molecule has 0 spiro atoms. The van der Waals surface area contributed by atoms with Crippen LogP contribution in [0.3, 0.4) is 0 Å². The molecule has 0 aliphatic carbocycles. The van der Waals surface area contributed by atoms with Gasteiger partial charge in [0.1, 0.15) is 0 Å². The van der Waals surface area contributed by atoms with E-state index in [1.54, 1.807) is 0 Å². The van der Waals surface area contributed by atoms with E-state index >= 15 is 0 Å². The number of carbonyl (C=O) groups excluding carboxylic acids is 1. The number of benzene rings is 1. The van der Waals surface area contributed by atoms with Crippen LogP contribution in [0.5, 0.6) is 0 Å². The Kier molecular flexibility index (Phi) is 5.32. The molecule has 2 amide bonds. The molecule has 7 nitrogen and oxygen atoms in total. The summed E-state index contributed by atoms with van der Waals surface area (Å²) < 4.78 is 5.60. The van der Waals surface area contributed by atoms with Crippen molar-refractivity contribution in [1.29, 1.82) is 0 Å². The maximum absolute atomic E-state index is 12.8. The van der Waals surface area contributed by atoms with Crippen molar-refractivity contribution in [3.63, 3.8) is 0 Å². The Hall–Kier alpha value is -2.67. The molecule has 2 aromatic rings. The number of hydrogen-bond donors (Lipinski definition) is 2. The van der Waals surface area contributed by atoms with Crippen molar-refractivity contribution in [3.8, 4) is 0 Å². The van der Waals surface area contributed by atoms with E-state index in [9.17, 15) is 14.7 Å². The third-order valence-corrected chi connectivity index (χ3v) is 4.74. The Balaban J connectivity index is 1.86. The van der Waals surface area contributed by atoms with Crippen LogP contribution in [-0.4, -0.2) is 52.8 Å². The molecule has 1 unspecified atom stereocenters. The monoisotopic (exact) mass is 371 g/mol. The minimum absolute atomic E-state index is 0.0270. The van der Waals surface area contributed by atoms with Gasteiger partial charge in [0.25, 0.3) is 5.91 Å². The number of nitrogens with one attached hydrogen (secondary N) is 1. The Morgan fingerprint density at radius 1 is 1.33 bits per heavy atom. The fourth-order valence-corrected chi connectivity index (χ4v) is 3.41. The molecular weight excluding hydrogens is 346 g/mol. The minimum Gasteiger partial charge on any atom is -0.465 e. The first-order chi connectivity index (χ1) is 12.8. The first-order valence-corrected chi connectivity index (χ1v) is 9.06. The molecule has 1 atom stereocenters. The zero-order valence-electron chi connectivity index (χ0n) is 15.9. The summed E-state index contributed by atoms with van der Waals surface area (Å²) in [6.45, 7) is 6.46. The fourth-order valence-electron chi connectivity index (χ4n) is 3.41. The summed E-state index contributed by atoms with van der Waals surface area (Å²) in [6, 6.07) is 9.93. The Morgan fingerprint density at radius 2 is 2.07 bits per heavy atom. The van der Waals surface area contributed by atoms with Gasteiger partial charge in [0, 0.05) is 24.2 Å². The summed E-state index contributed by atoms with van der Waals surface area (Å²) in [6.07, 6.45) is -1.30. The van der Waals surface area contributed by atoms with Gasteiger partial charge in [-0.05, 0) is 38.6 Å². The largest absolute Gasteiger partial charge is 0.465 e. The van der Waals surface area contributed by atoms with Gasteiger partial charge >= 0.3 is 6.09 Å². The summed E-state index contributed by atoms with van der Waals surface area (Å²) in [7, 11) is 0.